The first-order chi connectivity index (χ1) is 6.02. The molecule has 0 saturated heterocycles. The molecule has 0 amide bonds. The molecule has 13 heavy (non-hydrogen) atoms. The maximum Gasteiger partial charge on any atom is 0.0918 e. The van der Waals surface area contributed by atoms with Crippen molar-refractivity contribution in [1.82, 2.24) is 4.90 Å². The Hall–Kier alpha value is -0.610. The maximum atomic E-state index is 7.05. The van der Waals surface area contributed by atoms with Crippen LogP contribution < -0.4 is 5.73 Å². The molecule has 78 valence electrons. The van der Waals surface area contributed by atoms with Crippen LogP contribution in [-0.4, -0.2) is 43.6 Å². The molecule has 0 spiro atoms. The molecule has 0 atom stereocenters. The van der Waals surface area contributed by atoms with Crippen LogP contribution in [0, 0.1) is 5.41 Å². The zero-order valence-corrected chi connectivity index (χ0v) is 8.84. The second-order valence-corrected chi connectivity index (χ2v) is 3.50. The number of rotatable bonds is 7. The number of hydrogen-bond donors (Lipinski definition) is 2. The molecular weight excluding hydrogens is 166 g/mol. The van der Waals surface area contributed by atoms with Gasteiger partial charge in [0.15, 0.2) is 0 Å². The summed E-state index contributed by atoms with van der Waals surface area (Å²) in [5.41, 5.74) is 5.24. The number of nitrogens with zero attached hydrogens (tertiary/aromatic N) is 1. The van der Waals surface area contributed by atoms with Gasteiger partial charge in [0.2, 0.25) is 0 Å². The predicted molar refractivity (Wildman–Crippen MR) is 55.1 cm³/mol. The summed E-state index contributed by atoms with van der Waals surface area (Å²) in [5.74, 6) is 0.247. The molecule has 0 radical (unpaired) electrons. The molecule has 0 saturated carbocycles. The van der Waals surface area contributed by atoms with Gasteiger partial charge < -0.3 is 15.4 Å². The van der Waals surface area contributed by atoms with E-state index in [1.165, 1.54) is 0 Å². The highest BCUT2D eigenvalue weighted by molar-refractivity contribution is 5.76. The molecule has 0 aliphatic carbocycles. The summed E-state index contributed by atoms with van der Waals surface area (Å²) >= 11 is 0. The quantitative estimate of drug-likeness (QED) is 0.455. The van der Waals surface area contributed by atoms with Crippen LogP contribution in [0.25, 0.3) is 0 Å². The van der Waals surface area contributed by atoms with Crippen molar-refractivity contribution in [3.63, 3.8) is 0 Å². The van der Waals surface area contributed by atoms with Gasteiger partial charge in [-0.05, 0) is 20.9 Å². The Morgan fingerprint density at radius 2 is 2.08 bits per heavy atom. The van der Waals surface area contributed by atoms with E-state index in [0.717, 1.165) is 19.7 Å². The van der Waals surface area contributed by atoms with Crippen LogP contribution >= 0.6 is 0 Å². The van der Waals surface area contributed by atoms with E-state index in [9.17, 15) is 0 Å². The Morgan fingerprint density at radius 1 is 1.46 bits per heavy atom. The van der Waals surface area contributed by atoms with Crippen molar-refractivity contribution >= 4 is 5.84 Å². The summed E-state index contributed by atoms with van der Waals surface area (Å²) in [4.78, 5) is 2.11. The maximum absolute atomic E-state index is 7.05. The molecule has 0 aromatic carbocycles. The first-order valence-electron chi connectivity index (χ1n) is 4.65. The first-order valence-corrected chi connectivity index (χ1v) is 4.65. The van der Waals surface area contributed by atoms with Gasteiger partial charge in [0.25, 0.3) is 0 Å². The van der Waals surface area contributed by atoms with E-state index in [1.807, 2.05) is 20.9 Å². The zero-order chi connectivity index (χ0) is 10.3. The lowest BCUT2D eigenvalue weighted by Gasteiger charge is -2.16. The number of likely N-dealkylation sites (N-methyl/N-ethyl adjacent to an activating group) is 1. The van der Waals surface area contributed by atoms with Crippen LogP contribution in [0.5, 0.6) is 0 Å². The van der Waals surface area contributed by atoms with Crippen molar-refractivity contribution in [2.45, 2.75) is 26.4 Å². The fraction of sp³-hybridized carbons (Fsp3) is 0.889. The highest BCUT2D eigenvalue weighted by Gasteiger charge is 1.99. The Kier molecular flexibility index (Phi) is 6.54. The third-order valence-corrected chi connectivity index (χ3v) is 1.69. The molecule has 4 nitrogen and oxygen atoms in total. The molecule has 0 bridgehead atoms. The van der Waals surface area contributed by atoms with Crippen LogP contribution in [0.1, 0.15) is 20.3 Å². The highest BCUT2D eigenvalue weighted by atomic mass is 16.5. The lowest BCUT2D eigenvalue weighted by Crippen LogP contribution is -2.28. The van der Waals surface area contributed by atoms with Crippen LogP contribution in [-0.2, 0) is 4.74 Å². The van der Waals surface area contributed by atoms with Gasteiger partial charge >= 0.3 is 0 Å². The molecule has 0 heterocycles. The zero-order valence-electron chi connectivity index (χ0n) is 8.84. The molecule has 0 aromatic heterocycles. The number of amidine groups is 1. The summed E-state index contributed by atoms with van der Waals surface area (Å²) in [5, 5.41) is 7.05. The molecule has 0 fully saturated rings. The van der Waals surface area contributed by atoms with E-state index in [4.69, 9.17) is 15.9 Å². The third-order valence-electron chi connectivity index (χ3n) is 1.69. The topological polar surface area (TPSA) is 62.3 Å². The second kappa shape index (κ2) is 6.86. The van der Waals surface area contributed by atoms with Gasteiger partial charge in [-0.2, -0.15) is 0 Å². The van der Waals surface area contributed by atoms with E-state index in [2.05, 4.69) is 4.90 Å². The van der Waals surface area contributed by atoms with Gasteiger partial charge in [-0.15, -0.1) is 0 Å². The number of nitrogens with one attached hydrogen (secondary N) is 1. The molecule has 0 aliphatic heterocycles. The molecule has 0 rings (SSSR count). The molecule has 4 heteroatoms. The summed E-state index contributed by atoms with van der Waals surface area (Å²) in [7, 11) is 2.01. The van der Waals surface area contributed by atoms with Crippen LogP contribution in [0.4, 0.5) is 0 Å². The van der Waals surface area contributed by atoms with Crippen molar-refractivity contribution in [3.05, 3.63) is 0 Å². The average Bonchev–Trinajstić information content (AvgIpc) is 2.00. The fourth-order valence-corrected chi connectivity index (χ4v) is 0.867. The molecule has 0 aromatic rings. The largest absolute Gasteiger partial charge is 0.388 e. The van der Waals surface area contributed by atoms with Crippen LogP contribution in [0.2, 0.25) is 0 Å². The minimum atomic E-state index is 0.247. The SMILES string of the molecule is CC(C)OCCN(C)CCC(=N)N. The fourth-order valence-electron chi connectivity index (χ4n) is 0.867. The molecular formula is C9H21N3O. The Balaban J connectivity index is 3.30. The summed E-state index contributed by atoms with van der Waals surface area (Å²) in [6.45, 7) is 6.51. The Morgan fingerprint density at radius 3 is 2.54 bits per heavy atom. The highest BCUT2D eigenvalue weighted by Crippen LogP contribution is 1.90. The van der Waals surface area contributed by atoms with Crippen molar-refractivity contribution in [2.24, 2.45) is 5.73 Å². The van der Waals surface area contributed by atoms with Gasteiger partial charge in [0.05, 0.1) is 18.5 Å². The van der Waals surface area contributed by atoms with Gasteiger partial charge in [0.1, 0.15) is 0 Å². The van der Waals surface area contributed by atoms with Crippen molar-refractivity contribution in [3.8, 4) is 0 Å². The predicted octanol–water partition coefficient (Wildman–Crippen LogP) is 0.669. The Labute approximate surface area is 80.6 Å². The van der Waals surface area contributed by atoms with E-state index < -0.39 is 0 Å². The summed E-state index contributed by atoms with van der Waals surface area (Å²) < 4.78 is 5.39. The molecule has 0 aliphatic rings. The van der Waals surface area contributed by atoms with E-state index in [-0.39, 0.29) is 5.84 Å². The summed E-state index contributed by atoms with van der Waals surface area (Å²) in [6.07, 6.45) is 0.930. The lowest BCUT2D eigenvalue weighted by molar-refractivity contribution is 0.0643. The van der Waals surface area contributed by atoms with Gasteiger partial charge in [-0.25, -0.2) is 0 Å². The number of hydrogen-bond acceptors (Lipinski definition) is 3. The monoisotopic (exact) mass is 187 g/mol. The standard InChI is InChI=1S/C9H21N3O/c1-8(2)13-7-6-12(3)5-4-9(10)11/h8H,4-7H2,1-3H3,(H3,10,11). The number of nitrogens with two attached hydrogens (primary N) is 1. The number of ether oxygens (including phenoxy) is 1. The van der Waals surface area contributed by atoms with Gasteiger partial charge in [-0.1, -0.05) is 0 Å². The minimum Gasteiger partial charge on any atom is -0.388 e. The van der Waals surface area contributed by atoms with Crippen LogP contribution in [0.15, 0.2) is 0 Å². The lowest BCUT2D eigenvalue weighted by atomic mass is 10.3. The smallest absolute Gasteiger partial charge is 0.0918 e. The van der Waals surface area contributed by atoms with Crippen molar-refractivity contribution in [2.75, 3.05) is 26.7 Å². The average molecular weight is 187 g/mol. The van der Waals surface area contributed by atoms with E-state index in [1.54, 1.807) is 0 Å². The van der Waals surface area contributed by atoms with Crippen molar-refractivity contribution in [1.29, 1.82) is 5.41 Å². The second-order valence-electron chi connectivity index (χ2n) is 3.50. The van der Waals surface area contributed by atoms with E-state index in [0.29, 0.717) is 12.5 Å². The normalized spacial score (nSPS) is 11.2. The summed E-state index contributed by atoms with van der Waals surface area (Å²) in [6, 6.07) is 0. The van der Waals surface area contributed by atoms with E-state index >= 15 is 0 Å². The Bertz CT molecular complexity index is 148. The minimum absolute atomic E-state index is 0.247. The first kappa shape index (κ1) is 12.4. The van der Waals surface area contributed by atoms with Crippen molar-refractivity contribution < 1.29 is 4.74 Å². The molecule has 0 unspecified atom stereocenters. The third kappa shape index (κ3) is 9.30. The van der Waals surface area contributed by atoms with Gasteiger partial charge in [-0.3, -0.25) is 5.41 Å². The molecule has 3 N–H and O–H groups in total. The van der Waals surface area contributed by atoms with Gasteiger partial charge in [0, 0.05) is 19.5 Å². The van der Waals surface area contributed by atoms with Crippen LogP contribution in [0.3, 0.4) is 0 Å².